The van der Waals surface area contributed by atoms with Gasteiger partial charge in [0.25, 0.3) is 0 Å². The molecule has 0 saturated carbocycles. The molecule has 1 atom stereocenters. The van der Waals surface area contributed by atoms with E-state index in [-0.39, 0.29) is 5.41 Å². The molecule has 90 valence electrons. The Labute approximate surface area is 112 Å². The molecule has 0 spiro atoms. The first-order valence-electron chi connectivity index (χ1n) is 5.48. The number of benzene rings is 1. The Kier molecular flexibility index (Phi) is 4.84. The maximum Gasteiger partial charge on any atom is 0.0548 e. The van der Waals surface area contributed by atoms with Crippen molar-refractivity contribution in [1.29, 1.82) is 0 Å². The van der Waals surface area contributed by atoms with E-state index in [1.807, 2.05) is 6.07 Å². The van der Waals surface area contributed by atoms with Gasteiger partial charge in [-0.1, -0.05) is 38.4 Å². The third-order valence-electron chi connectivity index (χ3n) is 2.90. The normalized spacial score (nSPS) is 13.9. The minimum atomic E-state index is 0.281. The Balaban J connectivity index is 2.58. The summed E-state index contributed by atoms with van der Waals surface area (Å²) in [6.45, 7) is 9.80. The van der Waals surface area contributed by atoms with Crippen LogP contribution in [0.2, 0.25) is 5.02 Å². The van der Waals surface area contributed by atoms with Gasteiger partial charge in [-0.15, -0.1) is 0 Å². The lowest BCUT2D eigenvalue weighted by Gasteiger charge is -2.28. The summed E-state index contributed by atoms with van der Waals surface area (Å²) in [7, 11) is 0. The number of halogens is 2. The molecule has 1 rings (SSSR count). The monoisotopic (exact) mass is 303 g/mol. The zero-order valence-electron chi connectivity index (χ0n) is 10.3. The lowest BCUT2D eigenvalue weighted by Crippen LogP contribution is -2.37. The van der Waals surface area contributed by atoms with Crippen LogP contribution < -0.4 is 5.32 Å². The Morgan fingerprint density at radius 2 is 2.00 bits per heavy atom. The first-order chi connectivity index (χ1) is 7.30. The molecule has 1 aromatic rings. The van der Waals surface area contributed by atoms with Crippen molar-refractivity contribution in [2.45, 2.75) is 40.3 Å². The second-order valence-corrected chi connectivity index (χ2v) is 6.48. The molecule has 1 N–H and O–H groups in total. The predicted octanol–water partition coefficient (Wildman–Crippen LogP) is 4.63. The third kappa shape index (κ3) is 4.08. The first-order valence-corrected chi connectivity index (χ1v) is 6.65. The highest BCUT2D eigenvalue weighted by Gasteiger charge is 2.18. The van der Waals surface area contributed by atoms with Crippen molar-refractivity contribution in [2.75, 3.05) is 0 Å². The first kappa shape index (κ1) is 14.0. The summed E-state index contributed by atoms with van der Waals surface area (Å²) >= 11 is 9.38. The van der Waals surface area contributed by atoms with Crippen LogP contribution in [0, 0.1) is 5.41 Å². The van der Waals surface area contributed by atoms with Gasteiger partial charge in [0.1, 0.15) is 0 Å². The summed E-state index contributed by atoms with van der Waals surface area (Å²) in [5, 5.41) is 4.28. The summed E-state index contributed by atoms with van der Waals surface area (Å²) in [5.41, 5.74) is 1.52. The fourth-order valence-electron chi connectivity index (χ4n) is 1.23. The van der Waals surface area contributed by atoms with Crippen molar-refractivity contribution in [1.82, 2.24) is 5.32 Å². The van der Waals surface area contributed by atoms with E-state index in [1.165, 1.54) is 5.56 Å². The summed E-state index contributed by atoms with van der Waals surface area (Å²) in [4.78, 5) is 0. The summed E-state index contributed by atoms with van der Waals surface area (Å²) in [6, 6.07) is 6.51. The Morgan fingerprint density at radius 1 is 1.38 bits per heavy atom. The molecule has 1 nitrogen and oxygen atoms in total. The van der Waals surface area contributed by atoms with Crippen LogP contribution in [-0.4, -0.2) is 6.04 Å². The quantitative estimate of drug-likeness (QED) is 0.858. The van der Waals surface area contributed by atoms with Crippen molar-refractivity contribution in [3.05, 3.63) is 33.3 Å². The van der Waals surface area contributed by atoms with Crippen LogP contribution in [0.25, 0.3) is 0 Å². The van der Waals surface area contributed by atoms with Crippen LogP contribution in [0.1, 0.15) is 33.3 Å². The van der Waals surface area contributed by atoms with Crippen LogP contribution in [0.15, 0.2) is 22.7 Å². The molecule has 16 heavy (non-hydrogen) atoms. The maximum atomic E-state index is 5.95. The standard InChI is InChI=1S/C13H19BrClN/c1-9(13(2,3)4)16-8-10-5-6-12(15)11(14)7-10/h5-7,9,16H,8H2,1-4H3. The maximum absolute atomic E-state index is 5.95. The van der Waals surface area contributed by atoms with Gasteiger partial charge < -0.3 is 5.32 Å². The van der Waals surface area contributed by atoms with Crippen molar-refractivity contribution in [3.63, 3.8) is 0 Å². The topological polar surface area (TPSA) is 12.0 Å². The molecular formula is C13H19BrClN. The van der Waals surface area contributed by atoms with E-state index in [0.29, 0.717) is 6.04 Å². The van der Waals surface area contributed by atoms with E-state index < -0.39 is 0 Å². The van der Waals surface area contributed by atoms with Gasteiger partial charge in [0.2, 0.25) is 0 Å². The molecule has 0 saturated heterocycles. The van der Waals surface area contributed by atoms with Gasteiger partial charge in [-0.25, -0.2) is 0 Å². The van der Waals surface area contributed by atoms with Gasteiger partial charge in [-0.3, -0.25) is 0 Å². The lowest BCUT2D eigenvalue weighted by molar-refractivity contribution is 0.285. The van der Waals surface area contributed by atoms with Gasteiger partial charge in [-0.05, 0) is 46.0 Å². The number of hydrogen-bond donors (Lipinski definition) is 1. The number of nitrogens with one attached hydrogen (secondary N) is 1. The fraction of sp³-hybridized carbons (Fsp3) is 0.538. The lowest BCUT2D eigenvalue weighted by atomic mass is 9.88. The number of hydrogen-bond acceptors (Lipinski definition) is 1. The minimum Gasteiger partial charge on any atom is -0.310 e. The summed E-state index contributed by atoms with van der Waals surface area (Å²) in [5.74, 6) is 0. The van der Waals surface area contributed by atoms with Crippen LogP contribution in [0.4, 0.5) is 0 Å². The SMILES string of the molecule is CC(NCc1ccc(Cl)c(Br)c1)C(C)(C)C. The molecule has 0 aromatic heterocycles. The second kappa shape index (κ2) is 5.52. The molecule has 0 heterocycles. The highest BCUT2D eigenvalue weighted by atomic mass is 79.9. The van der Waals surface area contributed by atoms with E-state index >= 15 is 0 Å². The molecular weight excluding hydrogens is 286 g/mol. The Hall–Kier alpha value is -0.0500. The van der Waals surface area contributed by atoms with E-state index in [2.05, 4.69) is 61.1 Å². The average molecular weight is 305 g/mol. The third-order valence-corrected chi connectivity index (χ3v) is 4.11. The van der Waals surface area contributed by atoms with Crippen LogP contribution in [0.3, 0.4) is 0 Å². The van der Waals surface area contributed by atoms with Crippen LogP contribution >= 0.6 is 27.5 Å². The van der Waals surface area contributed by atoms with Gasteiger partial charge in [0.15, 0.2) is 0 Å². The van der Waals surface area contributed by atoms with Crippen molar-refractivity contribution in [2.24, 2.45) is 5.41 Å². The molecule has 0 aliphatic heterocycles. The Bertz CT molecular complexity index is 357. The molecule has 0 fully saturated rings. The zero-order chi connectivity index (χ0) is 12.3. The van der Waals surface area contributed by atoms with Gasteiger partial charge in [0.05, 0.1) is 5.02 Å². The van der Waals surface area contributed by atoms with Crippen LogP contribution in [0.5, 0.6) is 0 Å². The molecule has 0 aliphatic carbocycles. The van der Waals surface area contributed by atoms with Crippen molar-refractivity contribution >= 4 is 27.5 Å². The second-order valence-electron chi connectivity index (χ2n) is 5.22. The van der Waals surface area contributed by atoms with E-state index in [9.17, 15) is 0 Å². The molecule has 0 radical (unpaired) electrons. The summed E-state index contributed by atoms with van der Waals surface area (Å²) in [6.07, 6.45) is 0. The van der Waals surface area contributed by atoms with E-state index in [0.717, 1.165) is 16.0 Å². The van der Waals surface area contributed by atoms with Crippen molar-refractivity contribution in [3.8, 4) is 0 Å². The fourth-order valence-corrected chi connectivity index (χ4v) is 1.77. The van der Waals surface area contributed by atoms with Crippen LogP contribution in [-0.2, 0) is 6.54 Å². The van der Waals surface area contributed by atoms with E-state index in [4.69, 9.17) is 11.6 Å². The Morgan fingerprint density at radius 3 is 2.50 bits per heavy atom. The highest BCUT2D eigenvalue weighted by molar-refractivity contribution is 9.10. The molecule has 1 unspecified atom stereocenters. The van der Waals surface area contributed by atoms with Gasteiger partial charge in [-0.2, -0.15) is 0 Å². The molecule has 1 aromatic carbocycles. The van der Waals surface area contributed by atoms with Crippen molar-refractivity contribution < 1.29 is 0 Å². The van der Waals surface area contributed by atoms with Gasteiger partial charge in [0, 0.05) is 17.1 Å². The predicted molar refractivity (Wildman–Crippen MR) is 74.9 cm³/mol. The zero-order valence-corrected chi connectivity index (χ0v) is 12.6. The molecule has 0 bridgehead atoms. The molecule has 3 heteroatoms. The smallest absolute Gasteiger partial charge is 0.0548 e. The molecule has 0 aliphatic rings. The molecule has 0 amide bonds. The largest absolute Gasteiger partial charge is 0.310 e. The number of rotatable bonds is 3. The highest BCUT2D eigenvalue weighted by Crippen LogP contribution is 2.24. The van der Waals surface area contributed by atoms with Gasteiger partial charge >= 0.3 is 0 Å². The summed E-state index contributed by atoms with van der Waals surface area (Å²) < 4.78 is 0.955. The minimum absolute atomic E-state index is 0.281. The van der Waals surface area contributed by atoms with E-state index in [1.54, 1.807) is 0 Å². The average Bonchev–Trinajstić information content (AvgIpc) is 2.18.